The van der Waals surface area contributed by atoms with Gasteiger partial charge < -0.3 is 24.8 Å². The normalized spacial score (nSPS) is 15.2. The first kappa shape index (κ1) is 25.4. The van der Waals surface area contributed by atoms with Crippen molar-refractivity contribution in [3.63, 3.8) is 0 Å². The lowest BCUT2D eigenvalue weighted by atomic mass is 10.0. The number of guanidine groups is 1. The average Bonchev–Trinajstić information content (AvgIpc) is 2.64. The van der Waals surface area contributed by atoms with Crippen molar-refractivity contribution < 1.29 is 19.0 Å². The van der Waals surface area contributed by atoms with Gasteiger partial charge in [0, 0.05) is 52.5 Å². The van der Waals surface area contributed by atoms with Gasteiger partial charge in [0.1, 0.15) is 0 Å². The van der Waals surface area contributed by atoms with Gasteiger partial charge in [0.15, 0.2) is 5.96 Å². The summed E-state index contributed by atoms with van der Waals surface area (Å²) in [7, 11) is 1.42. The van der Waals surface area contributed by atoms with Crippen LogP contribution in [0.2, 0.25) is 0 Å². The van der Waals surface area contributed by atoms with Crippen molar-refractivity contribution in [3.8, 4) is 0 Å². The van der Waals surface area contributed by atoms with Gasteiger partial charge in [0.2, 0.25) is 0 Å². The summed E-state index contributed by atoms with van der Waals surface area (Å²) in [4.78, 5) is 15.6. The summed E-state index contributed by atoms with van der Waals surface area (Å²) in [5.41, 5.74) is 0. The molecular weight excluding hydrogens is 449 g/mol. The molecule has 0 unspecified atom stereocenters. The van der Waals surface area contributed by atoms with Gasteiger partial charge in [-0.05, 0) is 44.9 Å². The van der Waals surface area contributed by atoms with Gasteiger partial charge in [-0.3, -0.25) is 9.79 Å². The Bertz CT molecular complexity index is 377. The number of unbranched alkanes of at least 4 members (excludes halogenated alkanes) is 1. The van der Waals surface area contributed by atoms with E-state index in [-0.39, 0.29) is 29.9 Å². The second-order valence-corrected chi connectivity index (χ2v) is 6.20. The molecule has 0 aromatic carbocycles. The largest absolute Gasteiger partial charge is 0.469 e. The molecule has 26 heavy (non-hydrogen) atoms. The van der Waals surface area contributed by atoms with E-state index in [1.54, 1.807) is 0 Å². The quantitative estimate of drug-likeness (QED) is 0.145. The molecule has 2 N–H and O–H groups in total. The van der Waals surface area contributed by atoms with Crippen LogP contribution in [0.15, 0.2) is 4.99 Å². The zero-order valence-electron chi connectivity index (χ0n) is 16.3. The standard InChI is InChI=1S/C18H35N3O4.HI/c1-3-19-18(20-10-5-4-7-17(22)23-2)21-11-6-12-25-15-16-8-13-24-14-9-16;/h16H,3-15H2,1-2H3,(H2,19,20,21);1H. The number of hydrogen-bond acceptors (Lipinski definition) is 5. The van der Waals surface area contributed by atoms with Crippen molar-refractivity contribution in [3.05, 3.63) is 0 Å². The van der Waals surface area contributed by atoms with Gasteiger partial charge in [-0.2, -0.15) is 0 Å². The highest BCUT2D eigenvalue weighted by atomic mass is 127. The molecule has 1 aliphatic rings. The Morgan fingerprint density at radius 3 is 2.65 bits per heavy atom. The Morgan fingerprint density at radius 1 is 1.19 bits per heavy atom. The second kappa shape index (κ2) is 17.8. The minimum atomic E-state index is -0.152. The van der Waals surface area contributed by atoms with Crippen LogP contribution in [0.5, 0.6) is 0 Å². The summed E-state index contributed by atoms with van der Waals surface area (Å²) >= 11 is 0. The molecule has 1 heterocycles. The number of carbonyl (C=O) groups excluding carboxylic acids is 1. The molecule has 8 heteroatoms. The monoisotopic (exact) mass is 485 g/mol. The fourth-order valence-electron chi connectivity index (χ4n) is 2.57. The predicted molar refractivity (Wildman–Crippen MR) is 114 cm³/mol. The molecule has 0 aromatic heterocycles. The molecule has 0 amide bonds. The van der Waals surface area contributed by atoms with E-state index < -0.39 is 0 Å². The molecule has 1 saturated heterocycles. The maximum absolute atomic E-state index is 11.0. The third kappa shape index (κ3) is 13.6. The van der Waals surface area contributed by atoms with E-state index in [0.29, 0.717) is 12.3 Å². The number of esters is 1. The SMILES string of the molecule is CCNC(=NCCCOCC1CCOCC1)NCCCCC(=O)OC.I. The summed E-state index contributed by atoms with van der Waals surface area (Å²) in [6, 6.07) is 0. The van der Waals surface area contributed by atoms with Crippen molar-refractivity contribution in [2.75, 3.05) is 53.2 Å². The van der Waals surface area contributed by atoms with Crippen LogP contribution < -0.4 is 10.6 Å². The molecular formula is C18H36IN3O4. The topological polar surface area (TPSA) is 81.2 Å². The molecule has 0 saturated carbocycles. The zero-order chi connectivity index (χ0) is 18.2. The lowest BCUT2D eigenvalue weighted by Crippen LogP contribution is -2.38. The Kier molecular flexibility index (Phi) is 17.4. The highest BCUT2D eigenvalue weighted by Gasteiger charge is 2.13. The highest BCUT2D eigenvalue weighted by molar-refractivity contribution is 14.0. The van der Waals surface area contributed by atoms with Crippen LogP contribution in [0.3, 0.4) is 0 Å². The predicted octanol–water partition coefficient (Wildman–Crippen LogP) is 2.34. The second-order valence-electron chi connectivity index (χ2n) is 6.20. The number of nitrogens with zero attached hydrogens (tertiary/aromatic N) is 1. The van der Waals surface area contributed by atoms with Crippen LogP contribution in [-0.2, 0) is 19.0 Å². The number of ether oxygens (including phenoxy) is 3. The number of hydrogen-bond donors (Lipinski definition) is 2. The van der Waals surface area contributed by atoms with Crippen LogP contribution in [0.4, 0.5) is 0 Å². The maximum atomic E-state index is 11.0. The summed E-state index contributed by atoms with van der Waals surface area (Å²) < 4.78 is 15.7. The Hall–Kier alpha value is -0.610. The van der Waals surface area contributed by atoms with E-state index >= 15 is 0 Å². The van der Waals surface area contributed by atoms with Gasteiger partial charge in [-0.1, -0.05) is 0 Å². The average molecular weight is 485 g/mol. The van der Waals surface area contributed by atoms with Crippen LogP contribution in [0, 0.1) is 5.92 Å². The van der Waals surface area contributed by atoms with Crippen molar-refractivity contribution in [2.45, 2.75) is 45.4 Å². The van der Waals surface area contributed by atoms with Gasteiger partial charge in [-0.25, -0.2) is 0 Å². The summed E-state index contributed by atoms with van der Waals surface area (Å²) in [5.74, 6) is 1.33. The van der Waals surface area contributed by atoms with E-state index in [9.17, 15) is 4.79 Å². The van der Waals surface area contributed by atoms with E-state index in [1.165, 1.54) is 7.11 Å². The Morgan fingerprint density at radius 2 is 1.96 bits per heavy atom. The fraction of sp³-hybridized carbons (Fsp3) is 0.889. The molecule has 0 radical (unpaired) electrons. The molecule has 7 nitrogen and oxygen atoms in total. The molecule has 1 aliphatic heterocycles. The van der Waals surface area contributed by atoms with E-state index in [1.807, 2.05) is 6.92 Å². The van der Waals surface area contributed by atoms with Crippen molar-refractivity contribution in [2.24, 2.45) is 10.9 Å². The molecule has 0 bridgehead atoms. The molecule has 1 fully saturated rings. The van der Waals surface area contributed by atoms with Gasteiger partial charge in [0.25, 0.3) is 0 Å². The fourth-order valence-corrected chi connectivity index (χ4v) is 2.57. The lowest BCUT2D eigenvalue weighted by molar-refractivity contribution is -0.140. The van der Waals surface area contributed by atoms with Crippen LogP contribution in [-0.4, -0.2) is 65.1 Å². The number of carbonyl (C=O) groups is 1. The van der Waals surface area contributed by atoms with Crippen LogP contribution in [0.1, 0.15) is 45.4 Å². The highest BCUT2D eigenvalue weighted by Crippen LogP contribution is 2.14. The van der Waals surface area contributed by atoms with Gasteiger partial charge >= 0.3 is 5.97 Å². The number of nitrogens with one attached hydrogen (secondary N) is 2. The van der Waals surface area contributed by atoms with E-state index in [2.05, 4.69) is 20.4 Å². The molecule has 154 valence electrons. The first-order valence-electron chi connectivity index (χ1n) is 9.50. The molecule has 0 aromatic rings. The summed E-state index contributed by atoms with van der Waals surface area (Å²) in [6.45, 7) is 7.74. The minimum absolute atomic E-state index is 0. The molecule has 0 spiro atoms. The Labute approximate surface area is 175 Å². The number of rotatable bonds is 12. The number of halogens is 1. The zero-order valence-corrected chi connectivity index (χ0v) is 18.6. The molecule has 1 rings (SSSR count). The number of methoxy groups -OCH3 is 1. The van der Waals surface area contributed by atoms with Crippen LogP contribution in [0.25, 0.3) is 0 Å². The lowest BCUT2D eigenvalue weighted by Gasteiger charge is -2.21. The minimum Gasteiger partial charge on any atom is -0.469 e. The third-order valence-corrected chi connectivity index (χ3v) is 4.08. The Balaban J connectivity index is 0.00000625. The smallest absolute Gasteiger partial charge is 0.305 e. The first-order chi connectivity index (χ1) is 12.3. The van der Waals surface area contributed by atoms with Crippen LogP contribution >= 0.6 is 24.0 Å². The van der Waals surface area contributed by atoms with Crippen molar-refractivity contribution in [1.82, 2.24) is 10.6 Å². The first-order valence-corrected chi connectivity index (χ1v) is 9.50. The maximum Gasteiger partial charge on any atom is 0.305 e. The summed E-state index contributed by atoms with van der Waals surface area (Å²) in [6.07, 6.45) is 5.34. The van der Waals surface area contributed by atoms with E-state index in [4.69, 9.17) is 9.47 Å². The third-order valence-electron chi connectivity index (χ3n) is 4.08. The van der Waals surface area contributed by atoms with Crippen molar-refractivity contribution in [1.29, 1.82) is 0 Å². The number of aliphatic imine (C=N–C) groups is 1. The molecule has 0 aliphatic carbocycles. The molecule has 0 atom stereocenters. The van der Waals surface area contributed by atoms with Gasteiger partial charge in [0.05, 0.1) is 7.11 Å². The van der Waals surface area contributed by atoms with E-state index in [0.717, 1.165) is 84.1 Å². The van der Waals surface area contributed by atoms with Crippen molar-refractivity contribution >= 4 is 35.9 Å². The summed E-state index contributed by atoms with van der Waals surface area (Å²) in [5, 5.41) is 6.52. The van der Waals surface area contributed by atoms with Gasteiger partial charge in [-0.15, -0.1) is 24.0 Å².